The van der Waals surface area contributed by atoms with Crippen LogP contribution in [0.15, 0.2) is 42.5 Å². The molecule has 0 spiro atoms. The summed E-state index contributed by atoms with van der Waals surface area (Å²) in [6.45, 7) is 6.45. The minimum Gasteiger partial charge on any atom is -0.485 e. The van der Waals surface area contributed by atoms with Crippen LogP contribution in [-0.2, 0) is 0 Å². The van der Waals surface area contributed by atoms with Crippen LogP contribution in [0.4, 0.5) is 0 Å². The number of fused-ring (bicyclic) bond motifs is 2. The standard InChI is InChI=1S/C24H22O4S2/c1-3-6-18-20-22(28-14-12-26-20)24(30-18)17-9-4-7-16(8-5-10-17)23-21-19(15(2)29-23)25-11-13-27-21/h3-10H,11-14H2,1-2H3/b6-3+,7-4-,8-5?,9-4?,10-5?,16-7?,16-8+,17-9?,17-10?. The van der Waals surface area contributed by atoms with E-state index in [4.69, 9.17) is 18.9 Å². The summed E-state index contributed by atoms with van der Waals surface area (Å²) in [4.78, 5) is 4.45. The molecule has 0 saturated heterocycles. The fourth-order valence-corrected chi connectivity index (χ4v) is 5.85. The Morgan fingerprint density at radius 2 is 1.27 bits per heavy atom. The van der Waals surface area contributed by atoms with Crippen LogP contribution in [0.2, 0.25) is 0 Å². The van der Waals surface area contributed by atoms with Crippen LogP contribution in [0.1, 0.15) is 26.4 Å². The number of allylic oxidation sites excluding steroid dienone is 9. The fraction of sp³-hybridized carbons (Fsp3) is 0.250. The Hall–Kier alpha value is -2.70. The summed E-state index contributed by atoms with van der Waals surface area (Å²) >= 11 is 3.41. The highest BCUT2D eigenvalue weighted by Gasteiger charge is 2.25. The minimum atomic E-state index is 0.577. The zero-order chi connectivity index (χ0) is 20.5. The molecule has 0 atom stereocenters. The van der Waals surface area contributed by atoms with Crippen molar-refractivity contribution in [3.8, 4) is 23.0 Å². The van der Waals surface area contributed by atoms with Crippen molar-refractivity contribution in [3.63, 3.8) is 0 Å². The molecule has 0 radical (unpaired) electrons. The Morgan fingerprint density at radius 3 is 1.90 bits per heavy atom. The molecule has 30 heavy (non-hydrogen) atoms. The van der Waals surface area contributed by atoms with E-state index in [1.165, 1.54) is 0 Å². The average Bonchev–Trinajstić information content (AvgIpc) is 3.27. The summed E-state index contributed by atoms with van der Waals surface area (Å²) in [5.74, 6) is 3.46. The van der Waals surface area contributed by atoms with Gasteiger partial charge in [0.05, 0.1) is 14.6 Å². The van der Waals surface area contributed by atoms with Gasteiger partial charge in [0, 0.05) is 4.88 Å². The van der Waals surface area contributed by atoms with Crippen molar-refractivity contribution in [1.82, 2.24) is 0 Å². The highest BCUT2D eigenvalue weighted by atomic mass is 32.1. The van der Waals surface area contributed by atoms with E-state index in [0.717, 1.165) is 53.7 Å². The van der Waals surface area contributed by atoms with Gasteiger partial charge in [-0.2, -0.15) is 0 Å². The molecule has 0 N–H and O–H groups in total. The Morgan fingerprint density at radius 1 is 0.733 bits per heavy atom. The van der Waals surface area contributed by atoms with Crippen LogP contribution >= 0.6 is 22.7 Å². The largest absolute Gasteiger partial charge is 0.485 e. The van der Waals surface area contributed by atoms with Gasteiger partial charge in [0.1, 0.15) is 26.4 Å². The molecule has 0 fully saturated rings. The number of hydrogen-bond donors (Lipinski definition) is 0. The predicted molar refractivity (Wildman–Crippen MR) is 124 cm³/mol. The summed E-state index contributed by atoms with van der Waals surface area (Å²) in [7, 11) is 0. The first-order valence-corrected chi connectivity index (χ1v) is 11.6. The molecule has 3 aliphatic rings. The number of hydrogen-bond acceptors (Lipinski definition) is 6. The molecule has 5 rings (SSSR count). The summed E-state index contributed by atoms with van der Waals surface area (Å²) < 4.78 is 23.6. The van der Waals surface area contributed by atoms with Gasteiger partial charge in [-0.05, 0) is 31.1 Å². The summed E-state index contributed by atoms with van der Waals surface area (Å²) in [6, 6.07) is 0. The van der Waals surface area contributed by atoms with Gasteiger partial charge in [0.15, 0.2) is 23.0 Å². The quantitative estimate of drug-likeness (QED) is 0.565. The van der Waals surface area contributed by atoms with Crippen LogP contribution in [0.5, 0.6) is 23.0 Å². The molecule has 2 aliphatic heterocycles. The van der Waals surface area contributed by atoms with Crippen LogP contribution < -0.4 is 18.9 Å². The number of thiophene rings is 2. The van der Waals surface area contributed by atoms with Crippen molar-refractivity contribution in [1.29, 1.82) is 0 Å². The van der Waals surface area contributed by atoms with E-state index < -0.39 is 0 Å². The van der Waals surface area contributed by atoms with Crippen molar-refractivity contribution in [2.75, 3.05) is 26.4 Å². The summed E-state index contributed by atoms with van der Waals surface area (Å²) in [5, 5.41) is 0. The highest BCUT2D eigenvalue weighted by molar-refractivity contribution is 7.15. The van der Waals surface area contributed by atoms with Crippen molar-refractivity contribution in [2.45, 2.75) is 13.8 Å². The topological polar surface area (TPSA) is 36.9 Å². The first-order chi connectivity index (χ1) is 14.8. The first-order valence-electron chi connectivity index (χ1n) is 9.98. The second-order valence-corrected chi connectivity index (χ2v) is 9.23. The van der Waals surface area contributed by atoms with Gasteiger partial charge in [-0.1, -0.05) is 42.5 Å². The predicted octanol–water partition coefficient (Wildman–Crippen LogP) is 6.29. The minimum absolute atomic E-state index is 0.577. The maximum Gasteiger partial charge on any atom is 0.180 e. The Labute approximate surface area is 184 Å². The molecular formula is C24H22O4S2. The lowest BCUT2D eigenvalue weighted by atomic mass is 10.1. The van der Waals surface area contributed by atoms with Crippen molar-refractivity contribution in [3.05, 3.63) is 62.0 Å². The SMILES string of the molecule is C/C=C/c1sc(C2=C/C=C\C(c3sc(C)c4c3OCCO4)=C/C=C2)c2c1OCCO2. The van der Waals surface area contributed by atoms with E-state index in [9.17, 15) is 0 Å². The molecule has 0 amide bonds. The van der Waals surface area contributed by atoms with Crippen LogP contribution in [-0.4, -0.2) is 26.4 Å². The van der Waals surface area contributed by atoms with E-state index in [1.807, 2.05) is 13.0 Å². The van der Waals surface area contributed by atoms with Crippen LogP contribution in [0.3, 0.4) is 0 Å². The van der Waals surface area contributed by atoms with E-state index in [-0.39, 0.29) is 0 Å². The van der Waals surface area contributed by atoms with E-state index in [0.29, 0.717) is 26.4 Å². The maximum absolute atomic E-state index is 5.97. The molecule has 6 heteroatoms. The van der Waals surface area contributed by atoms with Crippen molar-refractivity contribution < 1.29 is 18.9 Å². The normalized spacial score (nSPS) is 20.3. The Kier molecular flexibility index (Phi) is 5.27. The smallest absolute Gasteiger partial charge is 0.180 e. The molecular weight excluding hydrogens is 416 g/mol. The molecule has 2 aromatic rings. The second-order valence-electron chi connectivity index (χ2n) is 6.96. The average molecular weight is 439 g/mol. The molecule has 0 aromatic carbocycles. The van der Waals surface area contributed by atoms with Gasteiger partial charge in [-0.3, -0.25) is 0 Å². The molecule has 0 bridgehead atoms. The van der Waals surface area contributed by atoms with Crippen LogP contribution in [0.25, 0.3) is 17.2 Å². The third-order valence-electron chi connectivity index (χ3n) is 4.93. The summed E-state index contributed by atoms with van der Waals surface area (Å²) in [5.41, 5.74) is 2.22. The molecule has 1 aliphatic carbocycles. The van der Waals surface area contributed by atoms with Crippen molar-refractivity contribution in [2.24, 2.45) is 0 Å². The molecule has 0 unspecified atom stereocenters. The lowest BCUT2D eigenvalue weighted by Gasteiger charge is -2.17. The molecule has 4 heterocycles. The number of ether oxygens (including phenoxy) is 4. The zero-order valence-corrected chi connectivity index (χ0v) is 18.5. The van der Waals surface area contributed by atoms with E-state index in [2.05, 4.69) is 49.5 Å². The fourth-order valence-electron chi connectivity index (χ4n) is 3.63. The molecule has 4 nitrogen and oxygen atoms in total. The molecule has 0 saturated carbocycles. The van der Waals surface area contributed by atoms with Gasteiger partial charge in [-0.15, -0.1) is 22.7 Å². The number of rotatable bonds is 3. The van der Waals surface area contributed by atoms with E-state index >= 15 is 0 Å². The monoisotopic (exact) mass is 438 g/mol. The van der Waals surface area contributed by atoms with Crippen molar-refractivity contribution >= 4 is 39.9 Å². The molecule has 2 aromatic heterocycles. The van der Waals surface area contributed by atoms with Gasteiger partial charge >= 0.3 is 0 Å². The third kappa shape index (κ3) is 3.40. The second kappa shape index (κ2) is 8.20. The number of aryl methyl sites for hydroxylation is 1. The summed E-state index contributed by atoms with van der Waals surface area (Å²) in [6.07, 6.45) is 16.8. The van der Waals surface area contributed by atoms with Gasteiger partial charge in [-0.25, -0.2) is 0 Å². The first kappa shape index (κ1) is 19.3. The van der Waals surface area contributed by atoms with E-state index in [1.54, 1.807) is 22.7 Å². The Bertz CT molecular complexity index is 1120. The maximum atomic E-state index is 5.97. The van der Waals surface area contributed by atoms with Gasteiger partial charge in [0.2, 0.25) is 0 Å². The van der Waals surface area contributed by atoms with Crippen LogP contribution in [0, 0.1) is 6.92 Å². The lowest BCUT2D eigenvalue weighted by Crippen LogP contribution is -2.15. The lowest BCUT2D eigenvalue weighted by molar-refractivity contribution is 0.172. The molecule has 154 valence electrons. The zero-order valence-electron chi connectivity index (χ0n) is 16.9. The van der Waals surface area contributed by atoms with Gasteiger partial charge < -0.3 is 18.9 Å². The Balaban J connectivity index is 1.48. The third-order valence-corrected chi connectivity index (χ3v) is 7.22. The van der Waals surface area contributed by atoms with Gasteiger partial charge in [0.25, 0.3) is 0 Å². The highest BCUT2D eigenvalue weighted by Crippen LogP contribution is 2.49.